The molecule has 0 aromatic heterocycles. The molecule has 6 heteroatoms. The van der Waals surface area contributed by atoms with Crippen LogP contribution in [-0.2, 0) is 15.6 Å². The Kier molecular flexibility index (Phi) is 5.70. The van der Waals surface area contributed by atoms with Crippen molar-refractivity contribution in [3.8, 4) is 5.75 Å². The molecule has 0 fully saturated rings. The Morgan fingerprint density at radius 1 is 0.786 bits per heavy atom. The maximum absolute atomic E-state index is 12.4. The van der Waals surface area contributed by atoms with Crippen LogP contribution < -0.4 is 4.74 Å². The first-order valence-electron chi connectivity index (χ1n) is 8.50. The molecule has 0 atom stereocenters. The van der Waals surface area contributed by atoms with Gasteiger partial charge in [0.1, 0.15) is 5.75 Å². The van der Waals surface area contributed by atoms with E-state index in [9.17, 15) is 18.0 Å². The smallest absolute Gasteiger partial charge is 0.343 e. The molecule has 0 radical (unpaired) electrons. The van der Waals surface area contributed by atoms with E-state index in [4.69, 9.17) is 4.74 Å². The van der Waals surface area contributed by atoms with Crippen molar-refractivity contribution in [3.63, 3.8) is 0 Å². The minimum Gasteiger partial charge on any atom is -0.423 e. The second kappa shape index (κ2) is 8.19. The third-order valence-corrected chi connectivity index (χ3v) is 4.81. The molecule has 3 aromatic carbocycles. The van der Waals surface area contributed by atoms with Crippen LogP contribution in [0.2, 0.25) is 0 Å². The summed E-state index contributed by atoms with van der Waals surface area (Å²) in [5.74, 6) is -0.572. The lowest BCUT2D eigenvalue weighted by molar-refractivity contribution is 0.0734. The molecular formula is C22H18O5S. The molecule has 0 aliphatic rings. The van der Waals surface area contributed by atoms with Crippen LogP contribution in [0.4, 0.5) is 0 Å². The molecule has 0 aliphatic heterocycles. The summed E-state index contributed by atoms with van der Waals surface area (Å²) in [6, 6.07) is 21.5. The van der Waals surface area contributed by atoms with Gasteiger partial charge < -0.3 is 4.74 Å². The molecule has 3 rings (SSSR count). The first-order valence-corrected chi connectivity index (χ1v) is 10.6. The molecule has 0 unspecified atom stereocenters. The van der Waals surface area contributed by atoms with E-state index in [1.165, 1.54) is 6.07 Å². The number of rotatable bonds is 6. The Hall–Kier alpha value is -3.25. The summed E-state index contributed by atoms with van der Waals surface area (Å²) in [6.07, 6.45) is 1.14. The van der Waals surface area contributed by atoms with Crippen molar-refractivity contribution < 1.29 is 22.7 Å². The molecule has 0 bridgehead atoms. The highest BCUT2D eigenvalue weighted by atomic mass is 32.2. The zero-order valence-corrected chi connectivity index (χ0v) is 16.0. The molecule has 0 N–H and O–H groups in total. The van der Waals surface area contributed by atoms with Crippen LogP contribution in [0.15, 0.2) is 78.9 Å². The highest BCUT2D eigenvalue weighted by Gasteiger charge is 2.13. The Labute approximate surface area is 163 Å². The number of ketones is 1. The number of benzene rings is 3. The normalized spacial score (nSPS) is 11.0. The summed E-state index contributed by atoms with van der Waals surface area (Å²) in [5, 5.41) is 0. The molecule has 0 saturated carbocycles. The molecule has 3 aromatic rings. The lowest BCUT2D eigenvalue weighted by Crippen LogP contribution is -2.10. The summed E-state index contributed by atoms with van der Waals surface area (Å²) in [6.45, 7) is 0. The number of hydrogen-bond donors (Lipinski definition) is 0. The van der Waals surface area contributed by atoms with E-state index in [0.717, 1.165) is 6.26 Å². The van der Waals surface area contributed by atoms with Crippen molar-refractivity contribution in [2.24, 2.45) is 0 Å². The Bertz CT molecular complexity index is 1100. The standard InChI is InChI=1S/C22H18O5S/c1-28(25,26)15-16-6-5-9-19(14-16)22(24)27-20-12-10-18(11-13-20)21(23)17-7-3-2-4-8-17/h2-14H,15H2,1H3. The van der Waals surface area contributed by atoms with Gasteiger partial charge in [0.15, 0.2) is 15.6 Å². The lowest BCUT2D eigenvalue weighted by Gasteiger charge is -2.07. The molecule has 5 nitrogen and oxygen atoms in total. The van der Waals surface area contributed by atoms with Crippen LogP contribution in [0.1, 0.15) is 31.8 Å². The first kappa shape index (κ1) is 19.5. The van der Waals surface area contributed by atoms with Gasteiger partial charge in [0.05, 0.1) is 11.3 Å². The molecule has 0 spiro atoms. The predicted octanol–water partition coefficient (Wildman–Crippen LogP) is 3.68. The van der Waals surface area contributed by atoms with Gasteiger partial charge in [-0.2, -0.15) is 0 Å². The van der Waals surface area contributed by atoms with Crippen molar-refractivity contribution in [2.45, 2.75) is 5.75 Å². The van der Waals surface area contributed by atoms with Crippen molar-refractivity contribution >= 4 is 21.6 Å². The van der Waals surface area contributed by atoms with E-state index < -0.39 is 15.8 Å². The van der Waals surface area contributed by atoms with Crippen LogP contribution >= 0.6 is 0 Å². The summed E-state index contributed by atoms with van der Waals surface area (Å²) < 4.78 is 28.2. The summed E-state index contributed by atoms with van der Waals surface area (Å²) in [4.78, 5) is 24.7. The van der Waals surface area contributed by atoms with E-state index in [-0.39, 0.29) is 17.1 Å². The number of sulfone groups is 1. The van der Waals surface area contributed by atoms with Gasteiger partial charge in [-0.05, 0) is 42.0 Å². The Morgan fingerprint density at radius 2 is 1.39 bits per heavy atom. The number of hydrogen-bond acceptors (Lipinski definition) is 5. The molecule has 28 heavy (non-hydrogen) atoms. The van der Waals surface area contributed by atoms with Crippen molar-refractivity contribution in [1.29, 1.82) is 0 Å². The predicted molar refractivity (Wildman–Crippen MR) is 106 cm³/mol. The maximum Gasteiger partial charge on any atom is 0.343 e. The van der Waals surface area contributed by atoms with Gasteiger partial charge in [0.25, 0.3) is 0 Å². The molecule has 142 valence electrons. The number of ether oxygens (including phenoxy) is 1. The average molecular weight is 394 g/mol. The summed E-state index contributed by atoms with van der Waals surface area (Å²) >= 11 is 0. The maximum atomic E-state index is 12.4. The fourth-order valence-corrected chi connectivity index (χ4v) is 3.47. The van der Waals surface area contributed by atoms with E-state index in [1.807, 2.05) is 6.07 Å². The third-order valence-electron chi connectivity index (χ3n) is 3.95. The van der Waals surface area contributed by atoms with Gasteiger partial charge in [-0.15, -0.1) is 0 Å². The Balaban J connectivity index is 1.71. The second-order valence-corrected chi connectivity index (χ2v) is 8.52. The molecule has 0 amide bonds. The fraction of sp³-hybridized carbons (Fsp3) is 0.0909. The third kappa shape index (κ3) is 5.14. The largest absolute Gasteiger partial charge is 0.423 e. The quantitative estimate of drug-likeness (QED) is 0.362. The van der Waals surface area contributed by atoms with E-state index in [1.54, 1.807) is 66.7 Å². The van der Waals surface area contributed by atoms with Crippen molar-refractivity contribution in [3.05, 3.63) is 101 Å². The summed E-state index contributed by atoms with van der Waals surface area (Å²) in [7, 11) is -3.20. The van der Waals surface area contributed by atoms with Crippen LogP contribution in [0.5, 0.6) is 5.75 Å². The number of carbonyl (C=O) groups is 2. The highest BCUT2D eigenvalue weighted by Crippen LogP contribution is 2.18. The van der Waals surface area contributed by atoms with Gasteiger partial charge in [-0.1, -0.05) is 42.5 Å². The topological polar surface area (TPSA) is 77.5 Å². The Morgan fingerprint density at radius 3 is 2.04 bits per heavy atom. The van der Waals surface area contributed by atoms with Crippen molar-refractivity contribution in [1.82, 2.24) is 0 Å². The van der Waals surface area contributed by atoms with Gasteiger partial charge in [0.2, 0.25) is 0 Å². The van der Waals surface area contributed by atoms with E-state index in [2.05, 4.69) is 0 Å². The molecule has 0 aliphatic carbocycles. The minimum absolute atomic E-state index is 0.119. The zero-order chi connectivity index (χ0) is 20.1. The molecule has 0 saturated heterocycles. The SMILES string of the molecule is CS(=O)(=O)Cc1cccc(C(=O)Oc2ccc(C(=O)c3ccccc3)cc2)c1. The monoisotopic (exact) mass is 394 g/mol. The second-order valence-electron chi connectivity index (χ2n) is 6.38. The van der Waals surface area contributed by atoms with Crippen LogP contribution in [0, 0.1) is 0 Å². The zero-order valence-electron chi connectivity index (χ0n) is 15.2. The average Bonchev–Trinajstić information content (AvgIpc) is 2.67. The summed E-state index contributed by atoms with van der Waals surface area (Å²) in [5.41, 5.74) is 1.84. The van der Waals surface area contributed by atoms with Crippen LogP contribution in [0.25, 0.3) is 0 Å². The van der Waals surface area contributed by atoms with Crippen molar-refractivity contribution in [2.75, 3.05) is 6.26 Å². The van der Waals surface area contributed by atoms with E-state index >= 15 is 0 Å². The number of esters is 1. The fourth-order valence-electron chi connectivity index (χ4n) is 2.69. The molecule has 0 heterocycles. The lowest BCUT2D eigenvalue weighted by atomic mass is 10.0. The highest BCUT2D eigenvalue weighted by molar-refractivity contribution is 7.89. The minimum atomic E-state index is -3.20. The van der Waals surface area contributed by atoms with Gasteiger partial charge >= 0.3 is 5.97 Å². The first-order chi connectivity index (χ1) is 13.3. The van der Waals surface area contributed by atoms with E-state index in [0.29, 0.717) is 22.4 Å². The van der Waals surface area contributed by atoms with Crippen LogP contribution in [-0.4, -0.2) is 26.4 Å². The molecular weight excluding hydrogens is 376 g/mol. The van der Waals surface area contributed by atoms with Crippen LogP contribution in [0.3, 0.4) is 0 Å². The van der Waals surface area contributed by atoms with Gasteiger partial charge in [-0.25, -0.2) is 13.2 Å². The van der Waals surface area contributed by atoms with Gasteiger partial charge in [0, 0.05) is 17.4 Å². The number of carbonyl (C=O) groups excluding carboxylic acids is 2. The van der Waals surface area contributed by atoms with Gasteiger partial charge in [-0.3, -0.25) is 4.79 Å².